The van der Waals surface area contributed by atoms with Gasteiger partial charge in [-0.25, -0.2) is 12.8 Å². The number of piperidine rings is 1. The maximum absolute atomic E-state index is 13.0. The van der Waals surface area contributed by atoms with Crippen molar-refractivity contribution in [2.45, 2.75) is 31.1 Å². The molecule has 1 amide bonds. The Balaban J connectivity index is 1.48. The first-order chi connectivity index (χ1) is 14.3. The molecule has 0 aromatic heterocycles. The van der Waals surface area contributed by atoms with Crippen molar-refractivity contribution in [1.82, 2.24) is 10.2 Å². The van der Waals surface area contributed by atoms with Crippen LogP contribution >= 0.6 is 0 Å². The van der Waals surface area contributed by atoms with Crippen molar-refractivity contribution in [2.75, 3.05) is 30.9 Å². The summed E-state index contributed by atoms with van der Waals surface area (Å²) in [6.07, 6.45) is 3.35. The van der Waals surface area contributed by atoms with E-state index in [1.165, 1.54) is 61.4 Å². The highest BCUT2D eigenvalue weighted by atomic mass is 32.2. The monoisotopic (exact) mass is 433 g/mol. The van der Waals surface area contributed by atoms with Gasteiger partial charge in [0, 0.05) is 17.8 Å². The van der Waals surface area contributed by atoms with Gasteiger partial charge in [-0.2, -0.15) is 0 Å². The number of hydrogen-bond donors (Lipinski definition) is 2. The third kappa shape index (κ3) is 6.27. The predicted molar refractivity (Wildman–Crippen MR) is 115 cm³/mol. The smallest absolute Gasteiger partial charge is 0.261 e. The molecule has 1 heterocycles. The summed E-state index contributed by atoms with van der Waals surface area (Å²) < 4.78 is 40.2. The molecule has 30 heavy (non-hydrogen) atoms. The molecule has 1 aliphatic rings. The lowest BCUT2D eigenvalue weighted by Crippen LogP contribution is -2.35. The van der Waals surface area contributed by atoms with E-state index in [9.17, 15) is 17.6 Å². The maximum Gasteiger partial charge on any atom is 0.261 e. The fraction of sp³-hybridized carbons (Fsp3) is 0.409. The average molecular weight is 434 g/mol. The molecule has 2 aromatic carbocycles. The van der Waals surface area contributed by atoms with Crippen LogP contribution < -0.4 is 10.0 Å². The van der Waals surface area contributed by atoms with Gasteiger partial charge >= 0.3 is 0 Å². The number of amides is 1. The fourth-order valence-corrected chi connectivity index (χ4v) is 4.47. The number of likely N-dealkylation sites (tertiary alicyclic amines) is 1. The van der Waals surface area contributed by atoms with E-state index in [-0.39, 0.29) is 16.5 Å². The molecule has 0 bridgehead atoms. The van der Waals surface area contributed by atoms with Crippen LogP contribution in [0.3, 0.4) is 0 Å². The van der Waals surface area contributed by atoms with Gasteiger partial charge in [0.15, 0.2) is 0 Å². The minimum absolute atomic E-state index is 0.0303. The molecule has 3 rings (SSSR count). The zero-order chi connectivity index (χ0) is 21.6. The highest BCUT2D eigenvalue weighted by Gasteiger charge is 2.16. The third-order valence-corrected chi connectivity index (χ3v) is 6.73. The topological polar surface area (TPSA) is 78.5 Å². The van der Waals surface area contributed by atoms with E-state index in [1.54, 1.807) is 0 Å². The van der Waals surface area contributed by atoms with Gasteiger partial charge in [0.05, 0.1) is 4.90 Å². The van der Waals surface area contributed by atoms with Crippen LogP contribution in [0.1, 0.15) is 36.5 Å². The van der Waals surface area contributed by atoms with Gasteiger partial charge in [0.25, 0.3) is 15.9 Å². The first-order valence-corrected chi connectivity index (χ1v) is 11.7. The summed E-state index contributed by atoms with van der Waals surface area (Å²) in [6.45, 7) is 6.08. The van der Waals surface area contributed by atoms with Crippen LogP contribution in [0.2, 0.25) is 0 Å². The molecule has 8 heteroatoms. The predicted octanol–water partition coefficient (Wildman–Crippen LogP) is 3.48. The van der Waals surface area contributed by atoms with Crippen LogP contribution in [0.5, 0.6) is 0 Å². The highest BCUT2D eigenvalue weighted by molar-refractivity contribution is 7.92. The Morgan fingerprint density at radius 1 is 1.07 bits per heavy atom. The number of carbonyl (C=O) groups excluding carboxylic acids is 1. The van der Waals surface area contributed by atoms with Gasteiger partial charge < -0.3 is 10.2 Å². The minimum Gasteiger partial charge on any atom is -0.352 e. The van der Waals surface area contributed by atoms with Crippen LogP contribution in [0.4, 0.5) is 10.1 Å². The summed E-state index contributed by atoms with van der Waals surface area (Å²) in [6, 6.07) is 10.8. The van der Waals surface area contributed by atoms with Crippen LogP contribution in [0, 0.1) is 11.7 Å². The van der Waals surface area contributed by atoms with Crippen molar-refractivity contribution in [3.63, 3.8) is 0 Å². The lowest BCUT2D eigenvalue weighted by Gasteiger charge is -2.30. The van der Waals surface area contributed by atoms with Gasteiger partial charge in [-0.3, -0.25) is 9.52 Å². The number of nitrogens with zero attached hydrogens (tertiary/aromatic N) is 1. The summed E-state index contributed by atoms with van der Waals surface area (Å²) in [5.74, 6) is 0.134. The normalized spacial score (nSPS) is 15.7. The molecule has 162 valence electrons. The summed E-state index contributed by atoms with van der Waals surface area (Å²) in [7, 11) is -3.82. The lowest BCUT2D eigenvalue weighted by molar-refractivity contribution is 0.0950. The number of anilines is 1. The van der Waals surface area contributed by atoms with E-state index < -0.39 is 15.8 Å². The summed E-state index contributed by atoms with van der Waals surface area (Å²) in [5, 5.41) is 2.88. The summed E-state index contributed by atoms with van der Waals surface area (Å²) in [5.41, 5.74) is 0.670. The fourth-order valence-electron chi connectivity index (χ4n) is 3.41. The molecule has 0 unspecified atom stereocenters. The van der Waals surface area contributed by atoms with Crippen molar-refractivity contribution in [2.24, 2.45) is 5.92 Å². The van der Waals surface area contributed by atoms with Crippen LogP contribution in [0.25, 0.3) is 0 Å². The van der Waals surface area contributed by atoms with E-state index in [1.807, 2.05) is 0 Å². The number of hydrogen-bond acceptors (Lipinski definition) is 4. The lowest BCUT2D eigenvalue weighted by atomic mass is 9.99. The van der Waals surface area contributed by atoms with Crippen LogP contribution in [-0.4, -0.2) is 45.4 Å². The van der Waals surface area contributed by atoms with Gasteiger partial charge in [-0.15, -0.1) is 0 Å². The second-order valence-electron chi connectivity index (χ2n) is 7.77. The molecule has 1 aliphatic heterocycles. The number of rotatable bonds is 8. The standard InChI is InChI=1S/C22H28FN3O3S/c1-17-11-15-26(16-12-17)14-2-13-24-22(27)18-3-9-21(10-4-18)30(28,29)25-20-7-5-19(23)6-8-20/h3-10,17,25H,2,11-16H2,1H3,(H,24,27). The van der Waals surface area contributed by atoms with Gasteiger partial charge in [-0.1, -0.05) is 6.92 Å². The zero-order valence-corrected chi connectivity index (χ0v) is 17.9. The Morgan fingerprint density at radius 2 is 1.70 bits per heavy atom. The first kappa shape index (κ1) is 22.2. The highest BCUT2D eigenvalue weighted by Crippen LogP contribution is 2.18. The van der Waals surface area contributed by atoms with E-state index >= 15 is 0 Å². The van der Waals surface area contributed by atoms with Crippen molar-refractivity contribution in [3.05, 3.63) is 59.9 Å². The van der Waals surface area contributed by atoms with Crippen molar-refractivity contribution < 1.29 is 17.6 Å². The quantitative estimate of drug-likeness (QED) is 0.625. The van der Waals surface area contributed by atoms with Crippen LogP contribution in [0.15, 0.2) is 53.4 Å². The van der Waals surface area contributed by atoms with Gasteiger partial charge in [0.1, 0.15) is 5.82 Å². The minimum atomic E-state index is -3.82. The second-order valence-corrected chi connectivity index (χ2v) is 9.45. The molecule has 0 atom stereocenters. The van der Waals surface area contributed by atoms with Gasteiger partial charge in [-0.05, 0) is 93.3 Å². The SMILES string of the molecule is CC1CCN(CCCNC(=O)c2ccc(S(=O)(=O)Nc3ccc(F)cc3)cc2)CC1. The van der Waals surface area contributed by atoms with Crippen molar-refractivity contribution in [3.8, 4) is 0 Å². The van der Waals surface area contributed by atoms with E-state index in [0.29, 0.717) is 12.1 Å². The molecule has 0 spiro atoms. The maximum atomic E-state index is 13.0. The van der Waals surface area contributed by atoms with Crippen molar-refractivity contribution >= 4 is 21.6 Å². The Kier molecular flexibility index (Phi) is 7.44. The number of benzene rings is 2. The summed E-state index contributed by atoms with van der Waals surface area (Å²) >= 11 is 0. The average Bonchev–Trinajstić information content (AvgIpc) is 2.74. The Morgan fingerprint density at radius 3 is 2.33 bits per heavy atom. The number of sulfonamides is 1. The Bertz CT molecular complexity index is 939. The Labute approximate surface area is 177 Å². The molecule has 6 nitrogen and oxygen atoms in total. The molecule has 2 N–H and O–H groups in total. The van der Waals surface area contributed by atoms with E-state index in [2.05, 4.69) is 21.9 Å². The third-order valence-electron chi connectivity index (χ3n) is 5.34. The van der Waals surface area contributed by atoms with E-state index in [4.69, 9.17) is 0 Å². The number of nitrogens with one attached hydrogen (secondary N) is 2. The van der Waals surface area contributed by atoms with Gasteiger partial charge in [0.2, 0.25) is 0 Å². The Hall–Kier alpha value is -2.45. The molecule has 1 saturated heterocycles. The molecule has 0 aliphatic carbocycles. The second kappa shape index (κ2) is 10.0. The molecule has 0 radical (unpaired) electrons. The first-order valence-electron chi connectivity index (χ1n) is 10.2. The molecule has 0 saturated carbocycles. The molecule has 1 fully saturated rings. The zero-order valence-electron chi connectivity index (χ0n) is 17.1. The number of carbonyl (C=O) groups is 1. The van der Waals surface area contributed by atoms with Crippen molar-refractivity contribution in [1.29, 1.82) is 0 Å². The summed E-state index contributed by atoms with van der Waals surface area (Å²) in [4.78, 5) is 14.8. The molecule has 2 aromatic rings. The largest absolute Gasteiger partial charge is 0.352 e. The van der Waals surface area contributed by atoms with Crippen LogP contribution in [-0.2, 0) is 10.0 Å². The number of halogens is 1. The molecular weight excluding hydrogens is 405 g/mol. The molecular formula is C22H28FN3O3S. The van der Waals surface area contributed by atoms with E-state index in [0.717, 1.165) is 32.0 Å².